The molecule has 0 radical (unpaired) electrons. The van der Waals surface area contributed by atoms with Crippen molar-refractivity contribution in [3.8, 4) is 22.8 Å². The van der Waals surface area contributed by atoms with Gasteiger partial charge < -0.3 is 13.9 Å². The number of benzene rings is 2. The highest BCUT2D eigenvalue weighted by atomic mass is 16.5. The van der Waals surface area contributed by atoms with Gasteiger partial charge in [-0.05, 0) is 25.1 Å². The number of hydrogen-bond donors (Lipinski definition) is 0. The Kier molecular flexibility index (Phi) is 4.61. The minimum absolute atomic E-state index is 0.0277. The van der Waals surface area contributed by atoms with Gasteiger partial charge in [0, 0.05) is 11.1 Å². The fraction of sp³-hybridized carbons (Fsp3) is 0.158. The topological polar surface area (TPSA) is 61.6 Å². The molecule has 3 aromatic rings. The average molecular weight is 323 g/mol. The van der Waals surface area contributed by atoms with E-state index in [1.165, 1.54) is 14.0 Å². The summed E-state index contributed by atoms with van der Waals surface area (Å²) in [7, 11) is 1.53. The van der Waals surface area contributed by atoms with E-state index in [-0.39, 0.29) is 12.4 Å². The predicted molar refractivity (Wildman–Crippen MR) is 89.3 cm³/mol. The number of nitrogens with zero attached hydrogens (tertiary/aromatic N) is 1. The van der Waals surface area contributed by atoms with Gasteiger partial charge in [-0.1, -0.05) is 30.3 Å². The first-order valence-corrected chi connectivity index (χ1v) is 7.49. The van der Waals surface area contributed by atoms with Crippen LogP contribution in [-0.2, 0) is 6.61 Å². The summed E-state index contributed by atoms with van der Waals surface area (Å²) in [6, 6.07) is 14.8. The third-order valence-electron chi connectivity index (χ3n) is 3.53. The number of carbonyl (C=O) groups is 1. The van der Waals surface area contributed by atoms with Crippen LogP contribution in [0.1, 0.15) is 23.2 Å². The van der Waals surface area contributed by atoms with Crippen LogP contribution in [0.2, 0.25) is 0 Å². The number of hydrogen-bond acceptors (Lipinski definition) is 5. The summed E-state index contributed by atoms with van der Waals surface area (Å²) in [5, 5.41) is 0. The summed E-state index contributed by atoms with van der Waals surface area (Å²) in [6.45, 7) is 1.68. The zero-order valence-corrected chi connectivity index (χ0v) is 13.5. The normalized spacial score (nSPS) is 10.4. The summed E-state index contributed by atoms with van der Waals surface area (Å²) in [4.78, 5) is 15.6. The van der Waals surface area contributed by atoms with Gasteiger partial charge in [0.2, 0.25) is 5.89 Å². The lowest BCUT2D eigenvalue weighted by Gasteiger charge is -2.10. The number of ether oxygens (including phenoxy) is 2. The molecule has 1 heterocycles. The fourth-order valence-electron chi connectivity index (χ4n) is 2.26. The molecule has 0 fully saturated rings. The second-order valence-corrected chi connectivity index (χ2v) is 5.19. The number of oxazole rings is 1. The minimum Gasteiger partial charge on any atom is -0.493 e. The Morgan fingerprint density at radius 1 is 1.12 bits per heavy atom. The zero-order chi connectivity index (χ0) is 16.9. The van der Waals surface area contributed by atoms with Gasteiger partial charge in [-0.15, -0.1) is 0 Å². The highest BCUT2D eigenvalue weighted by molar-refractivity contribution is 5.94. The molecule has 0 aliphatic carbocycles. The highest BCUT2D eigenvalue weighted by Crippen LogP contribution is 2.29. The molecule has 0 saturated carbocycles. The maximum Gasteiger partial charge on any atom is 0.232 e. The van der Waals surface area contributed by atoms with E-state index in [1.807, 2.05) is 30.3 Å². The van der Waals surface area contributed by atoms with Gasteiger partial charge in [0.1, 0.15) is 0 Å². The number of methoxy groups -OCH3 is 1. The van der Waals surface area contributed by atoms with Crippen molar-refractivity contribution < 1.29 is 18.7 Å². The van der Waals surface area contributed by atoms with Crippen LogP contribution in [0.3, 0.4) is 0 Å². The molecule has 0 bridgehead atoms. The minimum atomic E-state index is -0.0277. The van der Waals surface area contributed by atoms with Gasteiger partial charge in [0.25, 0.3) is 0 Å². The molecule has 0 atom stereocenters. The molecule has 0 saturated heterocycles. The number of aromatic nitrogens is 1. The lowest BCUT2D eigenvalue weighted by Crippen LogP contribution is -2.00. The van der Waals surface area contributed by atoms with Crippen LogP contribution in [0.4, 0.5) is 0 Å². The van der Waals surface area contributed by atoms with Crippen LogP contribution < -0.4 is 9.47 Å². The molecule has 0 unspecified atom stereocenters. The Hall–Kier alpha value is -3.08. The molecular formula is C19H17NO4. The number of Topliss-reactive ketones (excluding diaryl/α,β-unsaturated/α-hetero) is 1. The van der Waals surface area contributed by atoms with Crippen LogP contribution >= 0.6 is 0 Å². The number of rotatable bonds is 6. The quantitative estimate of drug-likeness (QED) is 0.638. The third kappa shape index (κ3) is 3.46. The van der Waals surface area contributed by atoms with Crippen LogP contribution in [0.15, 0.2) is 59.1 Å². The molecule has 0 aliphatic heterocycles. The largest absolute Gasteiger partial charge is 0.493 e. The van der Waals surface area contributed by atoms with Gasteiger partial charge in [0.15, 0.2) is 29.6 Å². The van der Waals surface area contributed by atoms with Crippen molar-refractivity contribution in [2.24, 2.45) is 0 Å². The Labute approximate surface area is 139 Å². The smallest absolute Gasteiger partial charge is 0.232 e. The maximum atomic E-state index is 11.4. The number of carbonyl (C=O) groups excluding carboxylic acids is 1. The monoisotopic (exact) mass is 323 g/mol. The lowest BCUT2D eigenvalue weighted by atomic mass is 10.1. The third-order valence-corrected chi connectivity index (χ3v) is 3.53. The van der Waals surface area contributed by atoms with Gasteiger partial charge >= 0.3 is 0 Å². The molecule has 0 N–H and O–H groups in total. The number of ketones is 1. The van der Waals surface area contributed by atoms with Crippen LogP contribution in [0.25, 0.3) is 11.3 Å². The molecule has 0 amide bonds. The first-order valence-electron chi connectivity index (χ1n) is 7.49. The first-order chi connectivity index (χ1) is 11.7. The molecule has 5 heteroatoms. The van der Waals surface area contributed by atoms with Gasteiger partial charge in [-0.2, -0.15) is 0 Å². The zero-order valence-electron chi connectivity index (χ0n) is 13.5. The molecule has 3 rings (SSSR count). The molecule has 0 aliphatic rings. The van der Waals surface area contributed by atoms with E-state index < -0.39 is 0 Å². The van der Waals surface area contributed by atoms with Crippen molar-refractivity contribution >= 4 is 5.78 Å². The van der Waals surface area contributed by atoms with Crippen LogP contribution in [-0.4, -0.2) is 17.9 Å². The van der Waals surface area contributed by atoms with E-state index in [1.54, 1.807) is 24.4 Å². The Balaban J connectivity index is 1.72. The van der Waals surface area contributed by atoms with Gasteiger partial charge in [0.05, 0.1) is 13.3 Å². The molecule has 5 nitrogen and oxygen atoms in total. The van der Waals surface area contributed by atoms with Crippen LogP contribution in [0, 0.1) is 0 Å². The van der Waals surface area contributed by atoms with Crippen molar-refractivity contribution in [3.05, 3.63) is 66.2 Å². The standard InChI is InChI=1S/C19H17NO4/c1-13(21)15-8-9-16(17(10-15)22-2)23-12-19-20-11-18(24-19)14-6-4-3-5-7-14/h3-11H,12H2,1-2H3. The van der Waals surface area contributed by atoms with Gasteiger partial charge in [-0.25, -0.2) is 4.98 Å². The lowest BCUT2D eigenvalue weighted by molar-refractivity contribution is 0.101. The summed E-state index contributed by atoms with van der Waals surface area (Å²) in [6.07, 6.45) is 1.67. The fourth-order valence-corrected chi connectivity index (χ4v) is 2.26. The molecule has 1 aromatic heterocycles. The second kappa shape index (κ2) is 7.00. The molecular weight excluding hydrogens is 306 g/mol. The van der Waals surface area contributed by atoms with Crippen molar-refractivity contribution in [1.29, 1.82) is 0 Å². The van der Waals surface area contributed by atoms with E-state index in [4.69, 9.17) is 13.9 Å². The van der Waals surface area contributed by atoms with E-state index >= 15 is 0 Å². The van der Waals surface area contributed by atoms with Crippen molar-refractivity contribution in [2.75, 3.05) is 7.11 Å². The predicted octanol–water partition coefficient (Wildman–Crippen LogP) is 4.13. The first kappa shape index (κ1) is 15.8. The van der Waals surface area contributed by atoms with Crippen molar-refractivity contribution in [3.63, 3.8) is 0 Å². The van der Waals surface area contributed by atoms with Crippen molar-refractivity contribution in [1.82, 2.24) is 4.98 Å². The van der Waals surface area contributed by atoms with Crippen LogP contribution in [0.5, 0.6) is 11.5 Å². The van der Waals surface area contributed by atoms with E-state index in [0.29, 0.717) is 28.7 Å². The SMILES string of the molecule is COc1cc(C(C)=O)ccc1OCc1ncc(-c2ccccc2)o1. The van der Waals surface area contributed by atoms with Crippen molar-refractivity contribution in [2.45, 2.75) is 13.5 Å². The summed E-state index contributed by atoms with van der Waals surface area (Å²) < 4.78 is 16.7. The molecule has 122 valence electrons. The molecule has 0 spiro atoms. The Morgan fingerprint density at radius 2 is 1.92 bits per heavy atom. The Morgan fingerprint density at radius 3 is 2.62 bits per heavy atom. The molecule has 2 aromatic carbocycles. The Bertz CT molecular complexity index is 840. The highest BCUT2D eigenvalue weighted by Gasteiger charge is 2.11. The van der Waals surface area contributed by atoms with E-state index in [9.17, 15) is 4.79 Å². The summed E-state index contributed by atoms with van der Waals surface area (Å²) in [5.74, 6) is 2.15. The summed E-state index contributed by atoms with van der Waals surface area (Å²) in [5.41, 5.74) is 1.53. The average Bonchev–Trinajstić information content (AvgIpc) is 3.09. The van der Waals surface area contributed by atoms with E-state index in [0.717, 1.165) is 5.56 Å². The second-order valence-electron chi connectivity index (χ2n) is 5.19. The van der Waals surface area contributed by atoms with Gasteiger partial charge in [-0.3, -0.25) is 4.79 Å². The molecule has 24 heavy (non-hydrogen) atoms. The maximum absolute atomic E-state index is 11.4. The summed E-state index contributed by atoms with van der Waals surface area (Å²) >= 11 is 0. The van der Waals surface area contributed by atoms with E-state index in [2.05, 4.69) is 4.98 Å².